The molecule has 6 aromatic rings. The highest BCUT2D eigenvalue weighted by molar-refractivity contribution is 7.86. The van der Waals surface area contributed by atoms with E-state index in [9.17, 15) is 25.9 Å². The monoisotopic (exact) mass is 708 g/mol. The highest BCUT2D eigenvalue weighted by Crippen LogP contribution is 2.39. The number of rotatable bonds is 9. The molecule has 50 heavy (non-hydrogen) atoms. The molecule has 0 aliphatic carbocycles. The highest BCUT2D eigenvalue weighted by atomic mass is 32.2. The number of nitrogen functional groups attached to an aromatic ring is 2. The smallest absolute Gasteiger partial charge is 0.295 e. The van der Waals surface area contributed by atoms with Gasteiger partial charge in [-0.05, 0) is 71.5 Å². The molecular weight excluding hydrogens is 677 g/mol. The Labute approximate surface area is 288 Å². The summed E-state index contributed by atoms with van der Waals surface area (Å²) in [5, 5.41) is 18.6. The van der Waals surface area contributed by atoms with Crippen LogP contribution >= 0.6 is 0 Å². The summed E-state index contributed by atoms with van der Waals surface area (Å²) in [6.45, 7) is 4.03. The van der Waals surface area contributed by atoms with E-state index in [4.69, 9.17) is 11.5 Å². The number of nitrogens with zero attached hydrogens (tertiary/aromatic N) is 4. The first-order valence-corrected chi connectivity index (χ1v) is 18.3. The average Bonchev–Trinajstić information content (AvgIpc) is 3.10. The lowest BCUT2D eigenvalue weighted by atomic mass is 9.92. The lowest BCUT2D eigenvalue weighted by molar-refractivity contribution is 0.482. The standard InChI is InChI=1S/C36H32N6O6S2/c1-3-21-17-23(39-41-31-19-33(49(43,44)45)27-9-5-7-11-29(27)35(31)37)13-15-25(21)26-16-14-24(18-22(26)4-2)40-42-32-20-34(50(46,47)48)28-10-6-8-12-30(28)36(32)38/h5-20H,3-4,37-38H2,1-2H3,(H,43,44,45)(H,46,47,48). The minimum Gasteiger partial charge on any atom is -0.396 e. The molecule has 0 aromatic heterocycles. The zero-order chi connectivity index (χ0) is 35.8. The molecule has 0 bridgehead atoms. The Hall–Kier alpha value is -5.54. The van der Waals surface area contributed by atoms with E-state index < -0.39 is 20.2 Å². The predicted octanol–water partition coefficient (Wildman–Crippen LogP) is 9.27. The second kappa shape index (κ2) is 13.4. The second-order valence-electron chi connectivity index (χ2n) is 11.4. The maximum atomic E-state index is 12.1. The van der Waals surface area contributed by atoms with Crippen LogP contribution in [-0.2, 0) is 33.1 Å². The first-order chi connectivity index (χ1) is 23.8. The van der Waals surface area contributed by atoms with E-state index >= 15 is 0 Å². The van der Waals surface area contributed by atoms with Gasteiger partial charge in [-0.15, -0.1) is 10.2 Å². The third-order valence-electron chi connectivity index (χ3n) is 8.38. The molecule has 6 rings (SSSR count). The molecule has 6 aromatic carbocycles. The summed E-state index contributed by atoms with van der Waals surface area (Å²) in [6.07, 6.45) is 1.34. The Morgan fingerprint density at radius 3 is 1.22 bits per heavy atom. The molecule has 0 fully saturated rings. The van der Waals surface area contributed by atoms with Crippen molar-refractivity contribution < 1.29 is 25.9 Å². The summed E-state index contributed by atoms with van der Waals surface area (Å²) in [5.41, 5.74) is 18.3. The molecule has 6 N–H and O–H groups in total. The van der Waals surface area contributed by atoms with Crippen molar-refractivity contribution in [3.63, 3.8) is 0 Å². The van der Waals surface area contributed by atoms with Gasteiger partial charge in [-0.25, -0.2) is 0 Å². The number of benzene rings is 6. The number of azo groups is 2. The highest BCUT2D eigenvalue weighted by Gasteiger charge is 2.20. The van der Waals surface area contributed by atoms with Crippen LogP contribution in [0.25, 0.3) is 32.7 Å². The van der Waals surface area contributed by atoms with Crippen LogP contribution in [0.1, 0.15) is 25.0 Å². The molecule has 0 heterocycles. The fourth-order valence-corrected chi connectivity index (χ4v) is 7.34. The van der Waals surface area contributed by atoms with Crippen LogP contribution < -0.4 is 11.5 Å². The Bertz CT molecular complexity index is 2420. The molecule has 0 saturated heterocycles. The zero-order valence-corrected chi connectivity index (χ0v) is 28.6. The normalized spacial score (nSPS) is 12.5. The van der Waals surface area contributed by atoms with Gasteiger partial charge in [0, 0.05) is 21.5 Å². The zero-order valence-electron chi connectivity index (χ0n) is 26.9. The third kappa shape index (κ3) is 6.69. The van der Waals surface area contributed by atoms with Gasteiger partial charge >= 0.3 is 0 Å². The van der Waals surface area contributed by atoms with Crippen LogP contribution in [0.4, 0.5) is 34.1 Å². The first kappa shape index (κ1) is 34.3. The van der Waals surface area contributed by atoms with E-state index in [1.54, 1.807) is 60.7 Å². The van der Waals surface area contributed by atoms with Crippen LogP contribution in [0.15, 0.2) is 127 Å². The molecule has 0 amide bonds. The van der Waals surface area contributed by atoms with E-state index in [2.05, 4.69) is 20.5 Å². The molecule has 14 heteroatoms. The van der Waals surface area contributed by atoms with E-state index in [0.29, 0.717) is 35.0 Å². The second-order valence-corrected chi connectivity index (χ2v) is 14.2. The Morgan fingerprint density at radius 2 is 0.880 bits per heavy atom. The van der Waals surface area contributed by atoms with Crippen LogP contribution in [0.2, 0.25) is 0 Å². The minimum atomic E-state index is -4.55. The van der Waals surface area contributed by atoms with Crippen molar-refractivity contribution in [3.8, 4) is 11.1 Å². The molecule has 0 unspecified atom stereocenters. The number of aryl methyl sites for hydroxylation is 2. The fraction of sp³-hybridized carbons (Fsp3) is 0.111. The van der Waals surface area contributed by atoms with Crippen LogP contribution in [0.3, 0.4) is 0 Å². The summed E-state index contributed by atoms with van der Waals surface area (Å²) in [4.78, 5) is -0.612. The van der Waals surface area contributed by atoms with Crippen LogP contribution in [-0.4, -0.2) is 25.9 Å². The Balaban J connectivity index is 1.33. The number of anilines is 2. The van der Waals surface area contributed by atoms with Crippen molar-refractivity contribution in [2.45, 2.75) is 36.5 Å². The maximum Gasteiger partial charge on any atom is 0.295 e. The van der Waals surface area contributed by atoms with Gasteiger partial charge in [0.25, 0.3) is 20.2 Å². The molecule has 0 atom stereocenters. The van der Waals surface area contributed by atoms with Gasteiger partial charge in [0.1, 0.15) is 21.2 Å². The predicted molar refractivity (Wildman–Crippen MR) is 195 cm³/mol. The Morgan fingerprint density at radius 1 is 0.520 bits per heavy atom. The lowest BCUT2D eigenvalue weighted by Crippen LogP contribution is -2.01. The molecule has 0 aliphatic heterocycles. The summed E-state index contributed by atoms with van der Waals surface area (Å²) >= 11 is 0. The van der Waals surface area contributed by atoms with Crippen LogP contribution in [0, 0.1) is 0 Å². The van der Waals surface area contributed by atoms with E-state index in [1.165, 1.54) is 12.1 Å². The number of hydrogen-bond donors (Lipinski definition) is 4. The van der Waals surface area contributed by atoms with Crippen molar-refractivity contribution >= 4 is 75.9 Å². The SMILES string of the molecule is CCc1cc(N=Nc2cc(S(=O)(=O)O)c3ccccc3c2N)ccc1-c1ccc(N=Nc2cc(S(=O)(=O)O)c3ccccc3c2N)cc1CC. The fourth-order valence-electron chi connectivity index (χ4n) is 5.91. The number of nitrogens with two attached hydrogens (primary N) is 2. The number of fused-ring (bicyclic) bond motifs is 2. The van der Waals surface area contributed by atoms with Gasteiger partial charge in [0.2, 0.25) is 0 Å². The van der Waals surface area contributed by atoms with Gasteiger partial charge in [-0.1, -0.05) is 74.5 Å². The maximum absolute atomic E-state index is 12.1. The average molecular weight is 709 g/mol. The molecular formula is C36H32N6O6S2. The minimum absolute atomic E-state index is 0.108. The summed E-state index contributed by atoms with van der Waals surface area (Å²) in [6, 6.07) is 26.8. The van der Waals surface area contributed by atoms with E-state index in [1.807, 2.05) is 38.1 Å². The first-order valence-electron chi connectivity index (χ1n) is 15.5. The number of hydrogen-bond acceptors (Lipinski definition) is 10. The van der Waals surface area contributed by atoms with Crippen molar-refractivity contribution in [3.05, 3.63) is 108 Å². The molecule has 254 valence electrons. The van der Waals surface area contributed by atoms with Crippen LogP contribution in [0.5, 0.6) is 0 Å². The topological polar surface area (TPSA) is 210 Å². The van der Waals surface area contributed by atoms with Gasteiger partial charge in [-0.2, -0.15) is 27.1 Å². The van der Waals surface area contributed by atoms with Crippen molar-refractivity contribution in [1.82, 2.24) is 0 Å². The summed E-state index contributed by atoms with van der Waals surface area (Å²) in [7, 11) is -9.10. The van der Waals surface area contributed by atoms with Crippen molar-refractivity contribution in [1.29, 1.82) is 0 Å². The summed E-state index contributed by atoms with van der Waals surface area (Å²) in [5.74, 6) is 0. The van der Waals surface area contributed by atoms with Gasteiger partial charge in [0.05, 0.1) is 22.7 Å². The molecule has 12 nitrogen and oxygen atoms in total. The van der Waals surface area contributed by atoms with Crippen molar-refractivity contribution in [2.24, 2.45) is 20.5 Å². The summed E-state index contributed by atoms with van der Waals surface area (Å²) < 4.78 is 68.1. The van der Waals surface area contributed by atoms with Gasteiger partial charge < -0.3 is 11.5 Å². The quantitative estimate of drug-likeness (QED) is 0.0644. The van der Waals surface area contributed by atoms with Gasteiger partial charge in [0.15, 0.2) is 0 Å². The Kier molecular flexibility index (Phi) is 9.20. The molecule has 0 saturated carbocycles. The van der Waals surface area contributed by atoms with Gasteiger partial charge in [-0.3, -0.25) is 9.11 Å². The molecule has 0 aliphatic rings. The third-order valence-corrected chi connectivity index (χ3v) is 10.2. The molecule has 0 spiro atoms. The van der Waals surface area contributed by atoms with E-state index in [0.717, 1.165) is 22.3 Å². The van der Waals surface area contributed by atoms with E-state index in [-0.39, 0.29) is 43.3 Å². The molecule has 0 radical (unpaired) electrons. The largest absolute Gasteiger partial charge is 0.396 e. The van der Waals surface area contributed by atoms with Crippen molar-refractivity contribution in [2.75, 3.05) is 11.5 Å². The lowest BCUT2D eigenvalue weighted by Gasteiger charge is -2.14.